The number of amides is 4. The Morgan fingerprint density at radius 3 is 1.27 bits per heavy atom. The van der Waals surface area contributed by atoms with Crippen LogP contribution in [0.3, 0.4) is 0 Å². The molecule has 59 heavy (non-hydrogen) atoms. The molecule has 1 aromatic heterocycles. The summed E-state index contributed by atoms with van der Waals surface area (Å²) in [5.41, 5.74) is 3.73. The Balaban J connectivity index is 0.952. The Labute approximate surface area is 341 Å². The van der Waals surface area contributed by atoms with Gasteiger partial charge in [0.15, 0.2) is 0 Å². The van der Waals surface area contributed by atoms with Crippen molar-refractivity contribution in [3.05, 3.63) is 132 Å². The molecule has 3 heterocycles. The fourth-order valence-corrected chi connectivity index (χ4v) is 7.55. The number of furan rings is 1. The zero-order chi connectivity index (χ0) is 41.5. The molecule has 2 N–H and O–H groups in total. The Morgan fingerprint density at radius 2 is 0.915 bits per heavy atom. The van der Waals surface area contributed by atoms with Crippen molar-refractivity contribution in [3.8, 4) is 22.6 Å². The minimum absolute atomic E-state index is 0.330. The molecule has 2 fully saturated rings. The third kappa shape index (κ3) is 9.41. The summed E-state index contributed by atoms with van der Waals surface area (Å²) in [4.78, 5) is 80.8. The van der Waals surface area contributed by atoms with E-state index in [0.717, 1.165) is 11.1 Å². The van der Waals surface area contributed by atoms with Gasteiger partial charge in [-0.05, 0) is 86.3 Å². The second kappa shape index (κ2) is 18.1. The van der Waals surface area contributed by atoms with Crippen LogP contribution in [0.5, 0.6) is 0 Å². The zero-order valence-electron chi connectivity index (χ0n) is 32.7. The smallest absolute Gasteiger partial charge is 0.303 e. The molecular weight excluding hydrogens is 753 g/mol. The van der Waals surface area contributed by atoms with Gasteiger partial charge in [0, 0.05) is 60.6 Å². The van der Waals surface area contributed by atoms with Crippen LogP contribution in [0.15, 0.2) is 126 Å². The number of hydrogen-bond donors (Lipinski definition) is 2. The van der Waals surface area contributed by atoms with Crippen LogP contribution in [-0.2, 0) is 38.2 Å². The molecule has 4 amide bonds. The molecule has 302 valence electrons. The molecule has 4 atom stereocenters. The van der Waals surface area contributed by atoms with Crippen molar-refractivity contribution in [2.45, 2.75) is 63.8 Å². The van der Waals surface area contributed by atoms with Crippen LogP contribution >= 0.6 is 0 Å². The number of carbonyl (C=O) groups excluding carboxylic acids is 6. The molecule has 0 bridgehead atoms. The van der Waals surface area contributed by atoms with E-state index in [9.17, 15) is 28.8 Å². The average Bonchev–Trinajstić information content (AvgIpc) is 4.05. The number of likely N-dealkylation sites (tertiary alicyclic amines) is 2. The number of nitrogens with one attached hydrogen (secondary N) is 2. The summed E-state index contributed by atoms with van der Waals surface area (Å²) in [7, 11) is 0. The van der Waals surface area contributed by atoms with Crippen molar-refractivity contribution < 1.29 is 42.7 Å². The Bertz CT molecular complexity index is 2150. The SMILES string of the molecule is CC(=O)O[C@@H](C(=O)N1CCC[C@H]1C(=O)Nc1ccc(-c2ccc(-c3ccc(NC(=O)[C@@H]4CCCN4C(=O)[C@H](OC(C)=O)c4ccccc4)cc3)o2)cc1)c1ccccc1. The van der Waals surface area contributed by atoms with Gasteiger partial charge in [-0.25, -0.2) is 0 Å². The molecule has 2 saturated heterocycles. The van der Waals surface area contributed by atoms with E-state index in [1.165, 1.54) is 23.6 Å². The molecule has 7 rings (SSSR count). The number of nitrogens with zero attached hydrogens (tertiary/aromatic N) is 2. The molecule has 0 saturated carbocycles. The van der Waals surface area contributed by atoms with Crippen molar-refractivity contribution >= 4 is 46.9 Å². The number of hydrogen-bond acceptors (Lipinski definition) is 9. The van der Waals surface area contributed by atoms with Gasteiger partial charge in [-0.3, -0.25) is 28.8 Å². The van der Waals surface area contributed by atoms with E-state index in [4.69, 9.17) is 13.9 Å². The number of ether oxygens (including phenoxy) is 2. The maximum atomic E-state index is 13.6. The van der Waals surface area contributed by atoms with Crippen LogP contribution in [0, 0.1) is 0 Å². The first-order chi connectivity index (χ1) is 28.5. The lowest BCUT2D eigenvalue weighted by molar-refractivity contribution is -0.160. The standard InChI is InChI=1S/C46H44N4O9/c1-29(51)57-41(33-11-5-3-6-12-33)45(55)49-27-9-15-37(49)43(53)47-35-21-17-31(18-22-35)39-25-26-40(59-39)32-19-23-36(24-20-32)48-44(54)38-16-10-28-50(38)46(56)42(58-30(2)52)34-13-7-4-8-14-34/h3-8,11-14,17-26,37-38,41-42H,9-10,15-16,27-28H2,1-2H3,(H,47,53)(H,48,54)/t37-,38-,41+,42+/m0/s1. The molecule has 4 aromatic carbocycles. The fraction of sp³-hybridized carbons (Fsp3) is 0.261. The molecule has 5 aromatic rings. The monoisotopic (exact) mass is 796 g/mol. The number of anilines is 2. The minimum atomic E-state index is -1.14. The Hall–Kier alpha value is -7.02. The first kappa shape index (κ1) is 40.2. The van der Waals surface area contributed by atoms with E-state index >= 15 is 0 Å². The Morgan fingerprint density at radius 1 is 0.542 bits per heavy atom. The van der Waals surface area contributed by atoms with Gasteiger partial charge in [0.1, 0.15) is 23.6 Å². The predicted molar refractivity (Wildman–Crippen MR) is 218 cm³/mol. The summed E-state index contributed by atoms with van der Waals surface area (Å²) < 4.78 is 17.0. The van der Waals surface area contributed by atoms with Crippen molar-refractivity contribution in [3.63, 3.8) is 0 Å². The molecule has 13 nitrogen and oxygen atoms in total. The molecule has 13 heteroatoms. The van der Waals surface area contributed by atoms with Gasteiger partial charge in [-0.15, -0.1) is 0 Å². The first-order valence-electron chi connectivity index (χ1n) is 19.5. The highest BCUT2D eigenvalue weighted by Crippen LogP contribution is 2.32. The van der Waals surface area contributed by atoms with Crippen molar-refractivity contribution in [1.29, 1.82) is 0 Å². The number of rotatable bonds is 12. The second-order valence-corrected chi connectivity index (χ2v) is 14.5. The average molecular weight is 797 g/mol. The van der Waals surface area contributed by atoms with E-state index < -0.39 is 48.0 Å². The Kier molecular flexibility index (Phi) is 12.3. The summed E-state index contributed by atoms with van der Waals surface area (Å²) >= 11 is 0. The maximum Gasteiger partial charge on any atom is 0.303 e. The second-order valence-electron chi connectivity index (χ2n) is 14.5. The molecular formula is C46H44N4O9. The third-order valence-corrected chi connectivity index (χ3v) is 10.4. The summed E-state index contributed by atoms with van der Waals surface area (Å²) in [6.45, 7) is 3.25. The highest BCUT2D eigenvalue weighted by molar-refractivity contribution is 5.99. The van der Waals surface area contributed by atoms with Crippen molar-refractivity contribution in [2.75, 3.05) is 23.7 Å². The van der Waals surface area contributed by atoms with Gasteiger partial charge in [0.25, 0.3) is 11.8 Å². The lowest BCUT2D eigenvalue weighted by Gasteiger charge is -2.28. The summed E-state index contributed by atoms with van der Waals surface area (Å²) in [6.07, 6.45) is -0.0375. The molecule has 0 aliphatic carbocycles. The summed E-state index contributed by atoms with van der Waals surface area (Å²) in [5, 5.41) is 5.84. The van der Waals surface area contributed by atoms with E-state index in [-0.39, 0.29) is 11.8 Å². The fourth-order valence-electron chi connectivity index (χ4n) is 7.55. The highest BCUT2D eigenvalue weighted by atomic mass is 16.6. The number of carbonyl (C=O) groups is 6. The van der Waals surface area contributed by atoms with Crippen LogP contribution in [0.2, 0.25) is 0 Å². The van der Waals surface area contributed by atoms with Crippen molar-refractivity contribution in [1.82, 2.24) is 9.80 Å². The van der Waals surface area contributed by atoms with Crippen LogP contribution < -0.4 is 10.6 Å². The van der Waals surface area contributed by atoms with Crippen molar-refractivity contribution in [2.24, 2.45) is 0 Å². The number of benzene rings is 4. The minimum Gasteiger partial charge on any atom is -0.456 e. The topological polar surface area (TPSA) is 165 Å². The quantitative estimate of drug-likeness (QED) is 0.126. The van der Waals surface area contributed by atoms with Gasteiger partial charge < -0.3 is 34.3 Å². The van der Waals surface area contributed by atoms with Crippen LogP contribution in [0.25, 0.3) is 22.6 Å². The normalized spacial score (nSPS) is 17.1. The lowest BCUT2D eigenvalue weighted by atomic mass is 10.1. The summed E-state index contributed by atoms with van der Waals surface area (Å²) in [6, 6.07) is 34.1. The lowest BCUT2D eigenvalue weighted by Crippen LogP contribution is -2.45. The van der Waals surface area contributed by atoms with Gasteiger partial charge in [0.05, 0.1) is 0 Å². The van der Waals surface area contributed by atoms with E-state index in [1.54, 1.807) is 84.9 Å². The largest absolute Gasteiger partial charge is 0.456 e. The van der Waals surface area contributed by atoms with E-state index in [0.29, 0.717) is 72.8 Å². The van der Waals surface area contributed by atoms with E-state index in [2.05, 4.69) is 10.6 Å². The van der Waals surface area contributed by atoms with Gasteiger partial charge in [-0.2, -0.15) is 0 Å². The number of esters is 2. The molecule has 0 unspecified atom stereocenters. The van der Waals surface area contributed by atoms with E-state index in [1.807, 2.05) is 36.4 Å². The molecule has 2 aliphatic rings. The molecule has 0 spiro atoms. The van der Waals surface area contributed by atoms with Gasteiger partial charge >= 0.3 is 11.9 Å². The highest BCUT2D eigenvalue weighted by Gasteiger charge is 2.40. The predicted octanol–water partition coefficient (Wildman–Crippen LogP) is 7.08. The summed E-state index contributed by atoms with van der Waals surface area (Å²) in [5.74, 6) is -1.50. The zero-order valence-corrected chi connectivity index (χ0v) is 32.7. The van der Waals surface area contributed by atoms with Crippen LogP contribution in [0.1, 0.15) is 62.9 Å². The van der Waals surface area contributed by atoms with Gasteiger partial charge in [-0.1, -0.05) is 60.7 Å². The van der Waals surface area contributed by atoms with Crippen LogP contribution in [0.4, 0.5) is 11.4 Å². The van der Waals surface area contributed by atoms with Crippen LogP contribution in [-0.4, -0.2) is 70.5 Å². The van der Waals surface area contributed by atoms with Gasteiger partial charge in [0.2, 0.25) is 24.0 Å². The third-order valence-electron chi connectivity index (χ3n) is 10.4. The molecule has 2 aliphatic heterocycles. The molecule has 0 radical (unpaired) electrons. The maximum absolute atomic E-state index is 13.6. The first-order valence-corrected chi connectivity index (χ1v) is 19.5.